The lowest BCUT2D eigenvalue weighted by molar-refractivity contribution is 0.0526. The predicted octanol–water partition coefficient (Wildman–Crippen LogP) is 3.09. The monoisotopic (exact) mass is 348 g/mol. The van der Waals surface area contributed by atoms with Gasteiger partial charge in [-0.15, -0.1) is 4.91 Å². The van der Waals surface area contributed by atoms with Crippen LogP contribution in [0, 0.1) is 4.91 Å². The number of anilines is 2. The standard InChI is InChI=1S/C16H16N2O5S/c1-3-23-16(19)12-4-6-13(7-5-12)18(17-20)14-8-10-15(11-9-14)24(2,21)22/h4-11H,3H2,1-2H3. The number of benzene rings is 2. The lowest BCUT2D eigenvalue weighted by Crippen LogP contribution is -2.09. The molecule has 2 aromatic carbocycles. The minimum atomic E-state index is -3.32. The molecular weight excluding hydrogens is 332 g/mol. The topological polar surface area (TPSA) is 93.1 Å². The van der Waals surface area contributed by atoms with E-state index in [2.05, 4.69) is 5.29 Å². The van der Waals surface area contributed by atoms with Gasteiger partial charge in [0.05, 0.1) is 33.7 Å². The van der Waals surface area contributed by atoms with Crippen molar-refractivity contribution in [1.82, 2.24) is 0 Å². The first kappa shape index (κ1) is 17.6. The molecule has 2 aromatic rings. The van der Waals surface area contributed by atoms with Crippen LogP contribution in [0.4, 0.5) is 11.4 Å². The van der Waals surface area contributed by atoms with Gasteiger partial charge in [0, 0.05) is 6.26 Å². The van der Waals surface area contributed by atoms with E-state index in [0.717, 1.165) is 11.3 Å². The van der Waals surface area contributed by atoms with E-state index in [1.807, 2.05) is 0 Å². The molecule has 2 rings (SSSR count). The van der Waals surface area contributed by atoms with Crippen LogP contribution in [0.5, 0.6) is 0 Å². The summed E-state index contributed by atoms with van der Waals surface area (Å²) in [7, 11) is -3.32. The summed E-state index contributed by atoms with van der Waals surface area (Å²) in [5.41, 5.74) is 1.20. The van der Waals surface area contributed by atoms with Crippen molar-refractivity contribution >= 4 is 27.2 Å². The Morgan fingerprint density at radius 1 is 1.04 bits per heavy atom. The molecule has 0 aromatic heterocycles. The molecule has 0 fully saturated rings. The third-order valence-electron chi connectivity index (χ3n) is 3.21. The zero-order valence-electron chi connectivity index (χ0n) is 13.2. The van der Waals surface area contributed by atoms with E-state index in [1.165, 1.54) is 36.4 Å². The van der Waals surface area contributed by atoms with Crippen LogP contribution >= 0.6 is 0 Å². The molecule has 0 aliphatic heterocycles. The summed E-state index contributed by atoms with van der Waals surface area (Å²) in [6.45, 7) is 1.99. The number of sulfone groups is 1. The summed E-state index contributed by atoms with van der Waals surface area (Å²) in [6, 6.07) is 11.9. The highest BCUT2D eigenvalue weighted by Crippen LogP contribution is 2.27. The van der Waals surface area contributed by atoms with Crippen LogP contribution in [0.3, 0.4) is 0 Å². The van der Waals surface area contributed by atoms with Gasteiger partial charge in [0.25, 0.3) is 0 Å². The molecule has 0 spiro atoms. The first-order valence-electron chi connectivity index (χ1n) is 7.07. The first-order chi connectivity index (χ1) is 11.4. The first-order valence-corrected chi connectivity index (χ1v) is 8.96. The number of rotatable bonds is 6. The fourth-order valence-electron chi connectivity index (χ4n) is 2.03. The van der Waals surface area contributed by atoms with Crippen molar-refractivity contribution in [3.63, 3.8) is 0 Å². The Balaban J connectivity index is 2.28. The van der Waals surface area contributed by atoms with Crippen LogP contribution in [0.15, 0.2) is 58.7 Å². The van der Waals surface area contributed by atoms with Gasteiger partial charge in [0.2, 0.25) is 0 Å². The Morgan fingerprint density at radius 3 is 1.96 bits per heavy atom. The minimum Gasteiger partial charge on any atom is -0.462 e. The normalized spacial score (nSPS) is 10.9. The molecule has 0 heterocycles. The summed E-state index contributed by atoms with van der Waals surface area (Å²) < 4.78 is 27.8. The highest BCUT2D eigenvalue weighted by atomic mass is 32.2. The Hall–Kier alpha value is -2.74. The third-order valence-corrected chi connectivity index (χ3v) is 4.34. The van der Waals surface area contributed by atoms with Crippen molar-refractivity contribution in [1.29, 1.82) is 0 Å². The zero-order chi connectivity index (χ0) is 17.7. The van der Waals surface area contributed by atoms with Crippen molar-refractivity contribution in [2.24, 2.45) is 5.29 Å². The van der Waals surface area contributed by atoms with Crippen LogP contribution in [-0.2, 0) is 14.6 Å². The van der Waals surface area contributed by atoms with Crippen molar-refractivity contribution in [2.75, 3.05) is 17.9 Å². The second kappa shape index (κ2) is 7.22. The van der Waals surface area contributed by atoms with Crippen LogP contribution < -0.4 is 5.01 Å². The molecule has 0 atom stereocenters. The van der Waals surface area contributed by atoms with Crippen LogP contribution in [0.1, 0.15) is 17.3 Å². The summed E-state index contributed by atoms with van der Waals surface area (Å²) >= 11 is 0. The largest absolute Gasteiger partial charge is 0.462 e. The van der Waals surface area contributed by atoms with E-state index in [4.69, 9.17) is 4.74 Å². The van der Waals surface area contributed by atoms with E-state index in [0.29, 0.717) is 16.9 Å². The highest BCUT2D eigenvalue weighted by molar-refractivity contribution is 7.90. The second-order valence-electron chi connectivity index (χ2n) is 4.93. The molecule has 0 amide bonds. The molecule has 0 saturated carbocycles. The molecule has 24 heavy (non-hydrogen) atoms. The molecule has 0 aliphatic rings. The van der Waals surface area contributed by atoms with Crippen LogP contribution in [-0.4, -0.2) is 27.2 Å². The molecule has 0 saturated heterocycles. The molecule has 0 bridgehead atoms. The Bertz CT molecular complexity index is 830. The SMILES string of the molecule is CCOC(=O)c1ccc(N(N=O)c2ccc(S(C)(=O)=O)cc2)cc1. The van der Waals surface area contributed by atoms with E-state index in [-0.39, 0.29) is 11.5 Å². The maximum absolute atomic E-state index is 11.6. The van der Waals surface area contributed by atoms with Crippen LogP contribution in [0.2, 0.25) is 0 Å². The van der Waals surface area contributed by atoms with Crippen LogP contribution in [0.25, 0.3) is 0 Å². The van der Waals surface area contributed by atoms with Gasteiger partial charge in [-0.25, -0.2) is 13.2 Å². The Labute approximate surface area is 139 Å². The van der Waals surface area contributed by atoms with E-state index >= 15 is 0 Å². The van der Waals surface area contributed by atoms with Gasteiger partial charge in [0.15, 0.2) is 9.84 Å². The summed E-state index contributed by atoms with van der Waals surface area (Å²) in [5, 5.41) is 4.05. The van der Waals surface area contributed by atoms with Crippen molar-refractivity contribution < 1.29 is 17.9 Å². The summed E-state index contributed by atoms with van der Waals surface area (Å²) in [4.78, 5) is 22.9. The van der Waals surface area contributed by atoms with E-state index in [1.54, 1.807) is 19.1 Å². The van der Waals surface area contributed by atoms with Gasteiger partial charge >= 0.3 is 5.97 Å². The van der Waals surface area contributed by atoms with Gasteiger partial charge in [-0.1, -0.05) is 0 Å². The molecule has 8 heteroatoms. The lowest BCUT2D eigenvalue weighted by atomic mass is 10.2. The summed E-state index contributed by atoms with van der Waals surface area (Å²) in [6.07, 6.45) is 1.10. The third kappa shape index (κ3) is 3.96. The van der Waals surface area contributed by atoms with E-state index < -0.39 is 15.8 Å². The zero-order valence-corrected chi connectivity index (χ0v) is 14.0. The average Bonchev–Trinajstić information content (AvgIpc) is 2.56. The van der Waals surface area contributed by atoms with Crippen molar-refractivity contribution in [3.05, 3.63) is 59.0 Å². The number of carbonyl (C=O) groups excluding carboxylic acids is 1. The minimum absolute atomic E-state index is 0.148. The smallest absolute Gasteiger partial charge is 0.338 e. The molecule has 0 N–H and O–H groups in total. The van der Waals surface area contributed by atoms with Gasteiger partial charge in [-0.05, 0) is 55.5 Å². The number of ether oxygens (including phenoxy) is 1. The maximum Gasteiger partial charge on any atom is 0.338 e. The quantitative estimate of drug-likeness (QED) is 0.452. The van der Waals surface area contributed by atoms with Crippen molar-refractivity contribution in [2.45, 2.75) is 11.8 Å². The van der Waals surface area contributed by atoms with Crippen molar-refractivity contribution in [3.8, 4) is 0 Å². The molecule has 0 unspecified atom stereocenters. The highest BCUT2D eigenvalue weighted by Gasteiger charge is 2.13. The van der Waals surface area contributed by atoms with Gasteiger partial charge < -0.3 is 4.74 Å². The van der Waals surface area contributed by atoms with E-state index in [9.17, 15) is 18.1 Å². The van der Waals surface area contributed by atoms with Gasteiger partial charge in [-0.2, -0.15) is 5.01 Å². The van der Waals surface area contributed by atoms with Gasteiger partial charge in [-0.3, -0.25) is 0 Å². The number of esters is 1. The second-order valence-corrected chi connectivity index (χ2v) is 6.94. The average molecular weight is 348 g/mol. The predicted molar refractivity (Wildman–Crippen MR) is 89.9 cm³/mol. The number of hydrogen-bond donors (Lipinski definition) is 0. The molecular formula is C16H16N2O5S. The number of carbonyl (C=O) groups is 1. The molecule has 0 radical (unpaired) electrons. The fourth-order valence-corrected chi connectivity index (χ4v) is 2.66. The number of hydrogen-bond acceptors (Lipinski definition) is 6. The maximum atomic E-state index is 11.6. The molecule has 126 valence electrons. The van der Waals surface area contributed by atoms with Gasteiger partial charge in [0.1, 0.15) is 0 Å². The number of nitroso groups, excluding NO2 is 1. The Morgan fingerprint density at radius 2 is 1.54 bits per heavy atom. The lowest BCUT2D eigenvalue weighted by Gasteiger charge is -2.16. The fraction of sp³-hybridized carbons (Fsp3) is 0.188. The number of nitrogens with zero attached hydrogens (tertiary/aromatic N) is 2. The molecule has 7 nitrogen and oxygen atoms in total. The summed E-state index contributed by atoms with van der Waals surface area (Å²) in [5.74, 6) is -0.452. The Kier molecular flexibility index (Phi) is 5.30. The molecule has 0 aliphatic carbocycles.